The van der Waals surface area contributed by atoms with Crippen LogP contribution in [0, 0.1) is 23.2 Å². The number of aromatic nitrogens is 1. The zero-order chi connectivity index (χ0) is 13.7. The number of ether oxygens (including phenoxy) is 1. The van der Waals surface area contributed by atoms with Crippen molar-refractivity contribution in [2.24, 2.45) is 23.2 Å². The fourth-order valence-electron chi connectivity index (χ4n) is 5.35. The Hall–Kier alpha value is -1.38. The smallest absolute Gasteiger partial charge is 0.170 e. The van der Waals surface area contributed by atoms with Crippen molar-refractivity contribution in [2.45, 2.75) is 38.5 Å². The van der Waals surface area contributed by atoms with E-state index in [2.05, 4.69) is 4.98 Å². The number of hydrogen-bond donors (Lipinski definition) is 0. The van der Waals surface area contributed by atoms with Crippen molar-refractivity contribution in [1.29, 1.82) is 0 Å². The van der Waals surface area contributed by atoms with Crippen LogP contribution in [0.25, 0.3) is 0 Å². The van der Waals surface area contributed by atoms with E-state index in [1.165, 1.54) is 19.3 Å². The maximum Gasteiger partial charge on any atom is 0.170 e. The third-order valence-corrected chi connectivity index (χ3v) is 5.73. The lowest BCUT2D eigenvalue weighted by Crippen LogP contribution is -2.50. The van der Waals surface area contributed by atoms with E-state index in [1.54, 1.807) is 19.5 Å². The Morgan fingerprint density at radius 1 is 1.15 bits per heavy atom. The van der Waals surface area contributed by atoms with Gasteiger partial charge in [-0.05, 0) is 62.3 Å². The molecule has 0 N–H and O–H groups in total. The van der Waals surface area contributed by atoms with Crippen LogP contribution in [-0.4, -0.2) is 17.9 Å². The van der Waals surface area contributed by atoms with Gasteiger partial charge >= 0.3 is 0 Å². The molecule has 3 heteroatoms. The van der Waals surface area contributed by atoms with Crippen LogP contribution >= 0.6 is 0 Å². The van der Waals surface area contributed by atoms with Crippen LogP contribution in [0.3, 0.4) is 0 Å². The number of methoxy groups -OCH3 is 1. The molecule has 0 atom stereocenters. The second-order valence-corrected chi connectivity index (χ2v) is 7.14. The van der Waals surface area contributed by atoms with Gasteiger partial charge in [0.2, 0.25) is 0 Å². The van der Waals surface area contributed by atoms with Crippen molar-refractivity contribution in [1.82, 2.24) is 4.98 Å². The van der Waals surface area contributed by atoms with Crippen LogP contribution in [0.1, 0.15) is 48.9 Å². The molecule has 0 unspecified atom stereocenters. The summed E-state index contributed by atoms with van der Waals surface area (Å²) in [6.07, 6.45) is 10.8. The molecule has 20 heavy (non-hydrogen) atoms. The maximum atomic E-state index is 13.1. The molecule has 1 aromatic rings. The van der Waals surface area contributed by atoms with Gasteiger partial charge in [0.1, 0.15) is 5.75 Å². The molecule has 1 aromatic heterocycles. The summed E-state index contributed by atoms with van der Waals surface area (Å²) in [6, 6.07) is 1.86. The molecular weight excluding hydrogens is 250 g/mol. The summed E-state index contributed by atoms with van der Waals surface area (Å²) in [4.78, 5) is 17.2. The topological polar surface area (TPSA) is 39.2 Å². The number of ketones is 1. The first-order valence-electron chi connectivity index (χ1n) is 7.72. The van der Waals surface area contributed by atoms with Gasteiger partial charge in [0.15, 0.2) is 5.78 Å². The van der Waals surface area contributed by atoms with Crippen LogP contribution in [0.4, 0.5) is 0 Å². The van der Waals surface area contributed by atoms with Crippen LogP contribution < -0.4 is 4.74 Å². The van der Waals surface area contributed by atoms with Crippen molar-refractivity contribution >= 4 is 5.78 Å². The molecule has 5 rings (SSSR count). The Morgan fingerprint density at radius 3 is 2.30 bits per heavy atom. The lowest BCUT2D eigenvalue weighted by molar-refractivity contribution is -0.0353. The normalized spacial score (nSPS) is 38.0. The van der Waals surface area contributed by atoms with Gasteiger partial charge in [0, 0.05) is 17.2 Å². The molecular formula is C17H21NO2. The Bertz CT molecular complexity index is 516. The molecule has 0 aliphatic heterocycles. The van der Waals surface area contributed by atoms with Crippen molar-refractivity contribution in [2.75, 3.05) is 7.11 Å². The molecule has 0 amide bonds. The van der Waals surface area contributed by atoms with E-state index in [1.807, 2.05) is 6.07 Å². The highest BCUT2D eigenvalue weighted by molar-refractivity contribution is 6.00. The average Bonchev–Trinajstić information content (AvgIpc) is 2.45. The standard InChI is InChI=1S/C17H21NO2/c1-20-15-5-14(9-18-10-15)16(19)17-6-11-2-12(7-17)4-13(3-11)8-17/h5,9-13H,2-4,6-8H2,1H3. The Balaban J connectivity index is 1.67. The van der Waals surface area contributed by atoms with Gasteiger partial charge in [0.25, 0.3) is 0 Å². The zero-order valence-electron chi connectivity index (χ0n) is 12.0. The summed E-state index contributed by atoms with van der Waals surface area (Å²) >= 11 is 0. The number of rotatable bonds is 3. The zero-order valence-corrected chi connectivity index (χ0v) is 12.0. The summed E-state index contributed by atoms with van der Waals surface area (Å²) in [5.74, 6) is 3.39. The van der Waals surface area contributed by atoms with E-state index < -0.39 is 0 Å². The largest absolute Gasteiger partial charge is 0.495 e. The maximum absolute atomic E-state index is 13.1. The van der Waals surface area contributed by atoms with Gasteiger partial charge in [-0.25, -0.2) is 0 Å². The second kappa shape index (κ2) is 4.31. The molecule has 4 fully saturated rings. The lowest BCUT2D eigenvalue weighted by Gasteiger charge is -2.55. The predicted octanol–water partition coefficient (Wildman–Crippen LogP) is 3.49. The summed E-state index contributed by atoms with van der Waals surface area (Å²) in [7, 11) is 1.62. The molecule has 0 spiro atoms. The highest BCUT2D eigenvalue weighted by atomic mass is 16.5. The predicted molar refractivity (Wildman–Crippen MR) is 75.7 cm³/mol. The fraction of sp³-hybridized carbons (Fsp3) is 0.647. The number of nitrogens with zero attached hydrogens (tertiary/aromatic N) is 1. The van der Waals surface area contributed by atoms with Gasteiger partial charge in [-0.1, -0.05) is 0 Å². The first-order chi connectivity index (χ1) is 9.68. The molecule has 106 valence electrons. The Kier molecular flexibility index (Phi) is 2.66. The number of pyridine rings is 1. The first-order valence-corrected chi connectivity index (χ1v) is 7.72. The molecule has 4 aliphatic carbocycles. The van der Waals surface area contributed by atoms with Crippen LogP contribution in [0.15, 0.2) is 18.5 Å². The monoisotopic (exact) mass is 271 g/mol. The van der Waals surface area contributed by atoms with E-state index in [4.69, 9.17) is 4.74 Å². The minimum absolute atomic E-state index is 0.0806. The first kappa shape index (κ1) is 12.4. The van der Waals surface area contributed by atoms with Crippen molar-refractivity contribution in [3.05, 3.63) is 24.0 Å². The summed E-state index contributed by atoms with van der Waals surface area (Å²) in [5, 5.41) is 0. The van der Waals surface area contributed by atoms with Gasteiger partial charge in [-0.2, -0.15) is 0 Å². The van der Waals surface area contributed by atoms with Gasteiger partial charge in [0.05, 0.1) is 13.3 Å². The Morgan fingerprint density at radius 2 is 1.75 bits per heavy atom. The SMILES string of the molecule is COc1cncc(C(=O)C23CC4CC(CC(C4)C2)C3)c1. The molecule has 0 saturated heterocycles. The quantitative estimate of drug-likeness (QED) is 0.790. The van der Waals surface area contributed by atoms with E-state index in [-0.39, 0.29) is 5.41 Å². The minimum Gasteiger partial charge on any atom is -0.495 e. The van der Waals surface area contributed by atoms with Crippen LogP contribution in [0.2, 0.25) is 0 Å². The molecule has 4 aliphatic rings. The second-order valence-electron chi connectivity index (χ2n) is 7.14. The van der Waals surface area contributed by atoms with E-state index in [9.17, 15) is 4.79 Å². The van der Waals surface area contributed by atoms with E-state index in [0.29, 0.717) is 11.5 Å². The summed E-state index contributed by atoms with van der Waals surface area (Å²) < 4.78 is 5.21. The molecule has 0 radical (unpaired) electrons. The number of carbonyl (C=O) groups excluding carboxylic acids is 1. The van der Waals surface area contributed by atoms with Crippen molar-refractivity contribution in [3.8, 4) is 5.75 Å². The van der Waals surface area contributed by atoms with Gasteiger partial charge in [-0.15, -0.1) is 0 Å². The van der Waals surface area contributed by atoms with Crippen LogP contribution in [-0.2, 0) is 0 Å². The highest BCUT2D eigenvalue weighted by Crippen LogP contribution is 2.60. The summed E-state index contributed by atoms with van der Waals surface area (Å²) in [5.41, 5.74) is 0.661. The van der Waals surface area contributed by atoms with E-state index in [0.717, 1.165) is 42.6 Å². The van der Waals surface area contributed by atoms with Crippen LogP contribution in [0.5, 0.6) is 5.75 Å². The molecule has 1 heterocycles. The Labute approximate surface area is 119 Å². The average molecular weight is 271 g/mol. The molecule has 4 saturated carbocycles. The summed E-state index contributed by atoms with van der Waals surface area (Å²) in [6.45, 7) is 0. The number of hydrogen-bond acceptors (Lipinski definition) is 3. The van der Waals surface area contributed by atoms with Crippen molar-refractivity contribution < 1.29 is 9.53 Å². The van der Waals surface area contributed by atoms with Gasteiger partial charge < -0.3 is 4.74 Å². The number of carbonyl (C=O) groups is 1. The van der Waals surface area contributed by atoms with Gasteiger partial charge in [-0.3, -0.25) is 9.78 Å². The molecule has 0 aromatic carbocycles. The highest BCUT2D eigenvalue weighted by Gasteiger charge is 2.54. The minimum atomic E-state index is -0.0806. The third kappa shape index (κ3) is 1.79. The van der Waals surface area contributed by atoms with E-state index >= 15 is 0 Å². The third-order valence-electron chi connectivity index (χ3n) is 5.73. The number of Topliss-reactive ketones (excluding diaryl/α,β-unsaturated/α-hetero) is 1. The van der Waals surface area contributed by atoms with Crippen molar-refractivity contribution in [3.63, 3.8) is 0 Å². The fourth-order valence-corrected chi connectivity index (χ4v) is 5.35. The molecule has 3 nitrogen and oxygen atoms in total. The molecule has 4 bridgehead atoms. The lowest BCUT2D eigenvalue weighted by atomic mass is 9.48.